The fourth-order valence-corrected chi connectivity index (χ4v) is 2.53. The first kappa shape index (κ1) is 11.9. The Kier molecular flexibility index (Phi) is 3.82. The summed E-state index contributed by atoms with van der Waals surface area (Å²) in [6.45, 7) is 2.11. The van der Waals surface area contributed by atoms with Gasteiger partial charge in [-0.1, -0.05) is 34.1 Å². The molecular formula is C12H15BrN2S. The van der Waals surface area contributed by atoms with Gasteiger partial charge in [-0.3, -0.25) is 0 Å². The predicted molar refractivity (Wildman–Crippen MR) is 74.4 cm³/mol. The molecule has 0 radical (unpaired) electrons. The molecule has 0 aliphatic heterocycles. The van der Waals surface area contributed by atoms with Gasteiger partial charge in [0.25, 0.3) is 0 Å². The molecule has 86 valence electrons. The van der Waals surface area contributed by atoms with Crippen LogP contribution in [0.1, 0.15) is 31.4 Å². The summed E-state index contributed by atoms with van der Waals surface area (Å²) in [4.78, 5) is 0. The number of hydrogen-bond donors (Lipinski definition) is 2. The number of halogens is 1. The fraction of sp³-hybridized carbons (Fsp3) is 0.417. The lowest BCUT2D eigenvalue weighted by molar-refractivity contribution is 0.694. The van der Waals surface area contributed by atoms with Crippen LogP contribution < -0.4 is 10.6 Å². The molecule has 2 rings (SSSR count). The molecule has 0 aromatic heterocycles. The molecule has 0 spiro atoms. The Morgan fingerprint density at radius 3 is 2.75 bits per heavy atom. The Morgan fingerprint density at radius 2 is 2.12 bits per heavy atom. The van der Waals surface area contributed by atoms with Gasteiger partial charge in [0.1, 0.15) is 0 Å². The molecule has 1 aromatic rings. The van der Waals surface area contributed by atoms with E-state index in [-0.39, 0.29) is 6.04 Å². The monoisotopic (exact) mass is 298 g/mol. The van der Waals surface area contributed by atoms with Gasteiger partial charge in [-0.15, -0.1) is 0 Å². The summed E-state index contributed by atoms with van der Waals surface area (Å²) in [6.07, 6.45) is 2.48. The molecule has 1 aromatic carbocycles. The Balaban J connectivity index is 1.93. The quantitative estimate of drug-likeness (QED) is 0.839. The largest absolute Gasteiger partial charge is 0.360 e. The van der Waals surface area contributed by atoms with Crippen molar-refractivity contribution < 1.29 is 0 Å². The van der Waals surface area contributed by atoms with Crippen molar-refractivity contribution in [1.29, 1.82) is 0 Å². The minimum absolute atomic E-state index is 0.217. The molecule has 1 aliphatic carbocycles. The van der Waals surface area contributed by atoms with E-state index in [1.54, 1.807) is 0 Å². The lowest BCUT2D eigenvalue weighted by Gasteiger charge is -2.18. The summed E-state index contributed by atoms with van der Waals surface area (Å²) >= 11 is 8.80. The van der Waals surface area contributed by atoms with E-state index in [1.807, 2.05) is 18.2 Å². The van der Waals surface area contributed by atoms with E-state index in [9.17, 15) is 0 Å². The number of nitrogens with one attached hydrogen (secondary N) is 2. The Hall–Kier alpha value is -0.610. The SMILES string of the molecule is C[C@H](NC(=S)NC1CC1)c1ccccc1Br. The van der Waals surface area contributed by atoms with Gasteiger partial charge < -0.3 is 10.6 Å². The summed E-state index contributed by atoms with van der Waals surface area (Å²) in [7, 11) is 0. The molecule has 1 fully saturated rings. The summed E-state index contributed by atoms with van der Waals surface area (Å²) in [5.74, 6) is 0. The van der Waals surface area contributed by atoms with Crippen LogP contribution in [-0.2, 0) is 0 Å². The van der Waals surface area contributed by atoms with Crippen LogP contribution in [0.2, 0.25) is 0 Å². The van der Waals surface area contributed by atoms with Crippen molar-refractivity contribution in [3.63, 3.8) is 0 Å². The van der Waals surface area contributed by atoms with Gasteiger partial charge in [-0.2, -0.15) is 0 Å². The predicted octanol–water partition coefficient (Wildman–Crippen LogP) is 3.14. The zero-order chi connectivity index (χ0) is 11.5. The van der Waals surface area contributed by atoms with Crippen LogP contribution in [0.4, 0.5) is 0 Å². The van der Waals surface area contributed by atoms with Crippen molar-refractivity contribution in [2.24, 2.45) is 0 Å². The number of hydrogen-bond acceptors (Lipinski definition) is 1. The molecule has 1 atom stereocenters. The van der Waals surface area contributed by atoms with E-state index in [1.165, 1.54) is 18.4 Å². The van der Waals surface area contributed by atoms with Crippen LogP contribution in [0.5, 0.6) is 0 Å². The normalized spacial score (nSPS) is 16.6. The Bertz CT molecular complexity index is 390. The third kappa shape index (κ3) is 3.19. The molecule has 0 amide bonds. The lowest BCUT2D eigenvalue weighted by Crippen LogP contribution is -2.38. The van der Waals surface area contributed by atoms with Crippen LogP contribution in [0.25, 0.3) is 0 Å². The topological polar surface area (TPSA) is 24.1 Å². The molecule has 0 saturated heterocycles. The van der Waals surface area contributed by atoms with Crippen molar-refractivity contribution >= 4 is 33.3 Å². The number of thiocarbonyl (C=S) groups is 1. The van der Waals surface area contributed by atoms with E-state index in [2.05, 4.69) is 39.6 Å². The van der Waals surface area contributed by atoms with Gasteiger partial charge in [0.05, 0.1) is 6.04 Å². The minimum Gasteiger partial charge on any atom is -0.360 e. The molecular weight excluding hydrogens is 284 g/mol. The van der Waals surface area contributed by atoms with E-state index in [0.29, 0.717) is 6.04 Å². The highest BCUT2D eigenvalue weighted by Crippen LogP contribution is 2.23. The van der Waals surface area contributed by atoms with Crippen molar-refractivity contribution in [1.82, 2.24) is 10.6 Å². The maximum Gasteiger partial charge on any atom is 0.166 e. The first-order chi connectivity index (χ1) is 7.66. The van der Waals surface area contributed by atoms with E-state index in [0.717, 1.165) is 9.59 Å². The van der Waals surface area contributed by atoms with Crippen molar-refractivity contribution in [2.75, 3.05) is 0 Å². The molecule has 2 nitrogen and oxygen atoms in total. The zero-order valence-corrected chi connectivity index (χ0v) is 11.6. The Morgan fingerprint density at radius 1 is 1.44 bits per heavy atom. The average Bonchev–Trinajstić information content (AvgIpc) is 3.01. The molecule has 4 heteroatoms. The lowest BCUT2D eigenvalue weighted by atomic mass is 10.1. The molecule has 1 aliphatic rings. The van der Waals surface area contributed by atoms with Gasteiger partial charge in [0.15, 0.2) is 5.11 Å². The zero-order valence-electron chi connectivity index (χ0n) is 9.16. The second kappa shape index (κ2) is 5.15. The highest BCUT2D eigenvalue weighted by Gasteiger charge is 2.22. The molecule has 2 N–H and O–H groups in total. The molecule has 16 heavy (non-hydrogen) atoms. The summed E-state index contributed by atoms with van der Waals surface area (Å²) < 4.78 is 1.12. The van der Waals surface area contributed by atoms with Crippen LogP contribution in [0.15, 0.2) is 28.7 Å². The standard InChI is InChI=1S/C12H15BrN2S/c1-8(10-4-2-3-5-11(10)13)14-12(16)15-9-6-7-9/h2-5,8-9H,6-7H2,1H3,(H2,14,15,16)/t8-/m0/s1. The number of benzene rings is 1. The van der Waals surface area contributed by atoms with Gasteiger partial charge in [0, 0.05) is 10.5 Å². The van der Waals surface area contributed by atoms with Crippen molar-refractivity contribution in [3.05, 3.63) is 34.3 Å². The van der Waals surface area contributed by atoms with E-state index >= 15 is 0 Å². The second-order valence-corrected chi connectivity index (χ2v) is 5.40. The van der Waals surface area contributed by atoms with Crippen molar-refractivity contribution in [2.45, 2.75) is 31.8 Å². The molecule has 0 bridgehead atoms. The van der Waals surface area contributed by atoms with Gasteiger partial charge in [-0.05, 0) is 43.6 Å². The molecule has 1 saturated carbocycles. The molecule has 0 heterocycles. The number of rotatable bonds is 3. The van der Waals surface area contributed by atoms with Crippen LogP contribution >= 0.6 is 28.1 Å². The molecule has 0 unspecified atom stereocenters. The first-order valence-electron chi connectivity index (χ1n) is 5.48. The summed E-state index contributed by atoms with van der Waals surface area (Å²) in [5, 5.41) is 7.33. The summed E-state index contributed by atoms with van der Waals surface area (Å²) in [6, 6.07) is 9.02. The first-order valence-corrected chi connectivity index (χ1v) is 6.68. The maximum absolute atomic E-state index is 5.25. The fourth-order valence-electron chi connectivity index (χ4n) is 1.56. The van der Waals surface area contributed by atoms with Crippen LogP contribution in [0.3, 0.4) is 0 Å². The van der Waals surface area contributed by atoms with Crippen LogP contribution in [0, 0.1) is 0 Å². The van der Waals surface area contributed by atoms with E-state index in [4.69, 9.17) is 12.2 Å². The second-order valence-electron chi connectivity index (χ2n) is 4.14. The average molecular weight is 299 g/mol. The highest BCUT2D eigenvalue weighted by molar-refractivity contribution is 9.10. The van der Waals surface area contributed by atoms with Crippen LogP contribution in [-0.4, -0.2) is 11.2 Å². The summed E-state index contributed by atoms with van der Waals surface area (Å²) in [5.41, 5.74) is 1.22. The van der Waals surface area contributed by atoms with Gasteiger partial charge in [-0.25, -0.2) is 0 Å². The third-order valence-corrected chi connectivity index (χ3v) is 3.59. The maximum atomic E-state index is 5.25. The van der Waals surface area contributed by atoms with Gasteiger partial charge >= 0.3 is 0 Å². The highest BCUT2D eigenvalue weighted by atomic mass is 79.9. The van der Waals surface area contributed by atoms with Crippen molar-refractivity contribution in [3.8, 4) is 0 Å². The third-order valence-electron chi connectivity index (χ3n) is 2.63. The smallest absolute Gasteiger partial charge is 0.166 e. The Labute approximate surface area is 110 Å². The van der Waals surface area contributed by atoms with Gasteiger partial charge in [0.2, 0.25) is 0 Å². The minimum atomic E-state index is 0.217. The van der Waals surface area contributed by atoms with E-state index < -0.39 is 0 Å².